The molecule has 0 spiro atoms. The summed E-state index contributed by atoms with van der Waals surface area (Å²) in [4.78, 5) is 29.1. The molecule has 0 aliphatic heterocycles. The summed E-state index contributed by atoms with van der Waals surface area (Å²) < 4.78 is 32.5. The van der Waals surface area contributed by atoms with Crippen molar-refractivity contribution in [2.75, 3.05) is 30.8 Å². The van der Waals surface area contributed by atoms with Crippen LogP contribution in [0.2, 0.25) is 5.02 Å². The van der Waals surface area contributed by atoms with Gasteiger partial charge in [0, 0.05) is 24.5 Å². The summed E-state index contributed by atoms with van der Waals surface area (Å²) in [6.07, 6.45) is 2.02. The number of methoxy groups -OCH3 is 1. The minimum Gasteiger partial charge on any atom is -0.495 e. The van der Waals surface area contributed by atoms with Gasteiger partial charge >= 0.3 is 0 Å². The van der Waals surface area contributed by atoms with Crippen LogP contribution < -0.4 is 14.4 Å². The maximum absolute atomic E-state index is 14.1. The van der Waals surface area contributed by atoms with E-state index in [1.165, 1.54) is 12.0 Å². The number of anilines is 1. The van der Waals surface area contributed by atoms with Gasteiger partial charge in [0.15, 0.2) is 0 Å². The molecule has 8 nitrogen and oxygen atoms in total. The molecule has 214 valence electrons. The van der Waals surface area contributed by atoms with Crippen molar-refractivity contribution < 1.29 is 22.7 Å². The molecule has 0 unspecified atom stereocenters. The maximum Gasteiger partial charge on any atom is 0.244 e. The van der Waals surface area contributed by atoms with E-state index in [1.54, 1.807) is 42.5 Å². The fourth-order valence-electron chi connectivity index (χ4n) is 4.30. The van der Waals surface area contributed by atoms with E-state index in [0.29, 0.717) is 17.3 Å². The number of carbonyl (C=O) groups excluding carboxylic acids is 2. The lowest BCUT2D eigenvalue weighted by atomic mass is 10.0. The molecule has 0 radical (unpaired) electrons. The lowest BCUT2D eigenvalue weighted by molar-refractivity contribution is -0.140. The van der Waals surface area contributed by atoms with Gasteiger partial charge in [0.05, 0.1) is 19.1 Å². The molecule has 0 aliphatic rings. The van der Waals surface area contributed by atoms with Gasteiger partial charge in [-0.15, -0.1) is 0 Å². The van der Waals surface area contributed by atoms with Gasteiger partial charge in [0.25, 0.3) is 0 Å². The second kappa shape index (κ2) is 14.2. The summed E-state index contributed by atoms with van der Waals surface area (Å²) in [5.41, 5.74) is 2.67. The van der Waals surface area contributed by atoms with Gasteiger partial charge in [-0.25, -0.2) is 8.42 Å². The van der Waals surface area contributed by atoms with Crippen LogP contribution in [0.15, 0.2) is 72.8 Å². The Labute approximate surface area is 241 Å². The topological polar surface area (TPSA) is 96.0 Å². The molecule has 10 heteroatoms. The Kier molecular flexibility index (Phi) is 11.0. The lowest BCUT2D eigenvalue weighted by Gasteiger charge is -2.33. The molecule has 1 N–H and O–H groups in total. The number of hydrogen-bond donors (Lipinski definition) is 1. The van der Waals surface area contributed by atoms with Crippen molar-refractivity contribution in [3.63, 3.8) is 0 Å². The number of nitrogens with one attached hydrogen (secondary N) is 1. The third kappa shape index (κ3) is 8.47. The van der Waals surface area contributed by atoms with E-state index < -0.39 is 28.5 Å². The molecule has 2 amide bonds. The molecule has 0 heterocycles. The van der Waals surface area contributed by atoms with Crippen LogP contribution in [0.5, 0.6) is 5.75 Å². The first-order valence-electron chi connectivity index (χ1n) is 13.0. The molecular formula is C30H36ClN3O5S. The second-order valence-corrected chi connectivity index (χ2v) is 11.9. The second-order valence-electron chi connectivity index (χ2n) is 9.59. The Morgan fingerprint density at radius 1 is 1.00 bits per heavy atom. The van der Waals surface area contributed by atoms with Crippen LogP contribution in [0.1, 0.15) is 30.0 Å². The fraction of sp³-hybridized carbons (Fsp3) is 0.333. The maximum atomic E-state index is 14.1. The summed E-state index contributed by atoms with van der Waals surface area (Å²) in [5, 5.41) is 3.46. The number of rotatable bonds is 13. The van der Waals surface area contributed by atoms with E-state index in [1.807, 2.05) is 44.2 Å². The highest BCUT2D eigenvalue weighted by Gasteiger charge is 2.33. The molecule has 0 saturated heterocycles. The highest BCUT2D eigenvalue weighted by Crippen LogP contribution is 2.31. The summed E-state index contributed by atoms with van der Waals surface area (Å²) in [6.45, 7) is 3.78. The summed E-state index contributed by atoms with van der Waals surface area (Å²) >= 11 is 6.09. The van der Waals surface area contributed by atoms with Gasteiger partial charge in [0.2, 0.25) is 21.8 Å². The van der Waals surface area contributed by atoms with Gasteiger partial charge in [-0.2, -0.15) is 0 Å². The number of hydrogen-bond acceptors (Lipinski definition) is 5. The zero-order chi connectivity index (χ0) is 29.3. The minimum atomic E-state index is -3.91. The number of benzene rings is 3. The number of aryl methyl sites for hydroxylation is 1. The number of ether oxygens (including phenoxy) is 1. The Balaban J connectivity index is 2.08. The molecule has 0 aliphatic carbocycles. The average molecular weight is 586 g/mol. The van der Waals surface area contributed by atoms with Crippen molar-refractivity contribution in [1.82, 2.24) is 10.2 Å². The van der Waals surface area contributed by atoms with Gasteiger partial charge in [-0.3, -0.25) is 13.9 Å². The van der Waals surface area contributed by atoms with Crippen molar-refractivity contribution in [2.24, 2.45) is 0 Å². The van der Waals surface area contributed by atoms with Crippen molar-refractivity contribution in [1.29, 1.82) is 0 Å². The summed E-state index contributed by atoms with van der Waals surface area (Å²) in [6, 6.07) is 20.6. The number of nitrogens with zero attached hydrogens (tertiary/aromatic N) is 2. The third-order valence-electron chi connectivity index (χ3n) is 6.37. The molecule has 3 aromatic carbocycles. The quantitative estimate of drug-likeness (QED) is 0.317. The normalized spacial score (nSPS) is 11.9. The van der Waals surface area contributed by atoms with Crippen LogP contribution in [-0.4, -0.2) is 57.6 Å². The average Bonchev–Trinajstić information content (AvgIpc) is 2.93. The minimum absolute atomic E-state index is 0.0790. The van der Waals surface area contributed by atoms with Crippen molar-refractivity contribution in [3.05, 3.63) is 94.5 Å². The van der Waals surface area contributed by atoms with Crippen LogP contribution >= 0.6 is 11.6 Å². The highest BCUT2D eigenvalue weighted by atomic mass is 35.5. The molecule has 0 saturated carbocycles. The molecular weight excluding hydrogens is 550 g/mol. The van der Waals surface area contributed by atoms with Crippen LogP contribution in [0.25, 0.3) is 0 Å². The van der Waals surface area contributed by atoms with E-state index in [0.717, 1.165) is 33.7 Å². The molecule has 0 bridgehead atoms. The highest BCUT2D eigenvalue weighted by molar-refractivity contribution is 7.92. The van der Waals surface area contributed by atoms with Crippen molar-refractivity contribution >= 4 is 39.1 Å². The zero-order valence-corrected chi connectivity index (χ0v) is 24.8. The first-order valence-corrected chi connectivity index (χ1v) is 15.2. The molecule has 40 heavy (non-hydrogen) atoms. The number of halogens is 1. The van der Waals surface area contributed by atoms with Crippen LogP contribution in [-0.2, 0) is 32.6 Å². The van der Waals surface area contributed by atoms with Crippen LogP contribution in [0.4, 0.5) is 5.69 Å². The van der Waals surface area contributed by atoms with Crippen molar-refractivity contribution in [2.45, 2.75) is 39.3 Å². The number of amides is 2. The summed E-state index contributed by atoms with van der Waals surface area (Å²) in [7, 11) is -2.46. The fourth-order valence-corrected chi connectivity index (χ4v) is 5.27. The van der Waals surface area contributed by atoms with E-state index >= 15 is 0 Å². The van der Waals surface area contributed by atoms with Crippen molar-refractivity contribution in [3.8, 4) is 5.75 Å². The zero-order valence-electron chi connectivity index (χ0n) is 23.3. The van der Waals surface area contributed by atoms with E-state index in [2.05, 4.69) is 5.32 Å². The SMILES string of the molecule is CCCNC(=O)[C@H](Cc1ccccc1)N(Cc1ccc(Cl)cc1)C(=O)CN(c1cc(C)ccc1OC)S(C)(=O)=O. The first kappa shape index (κ1) is 31.0. The summed E-state index contributed by atoms with van der Waals surface area (Å²) in [5.74, 6) is -0.529. The number of sulfonamides is 1. The Morgan fingerprint density at radius 2 is 1.68 bits per heavy atom. The predicted molar refractivity (Wildman–Crippen MR) is 159 cm³/mol. The predicted octanol–water partition coefficient (Wildman–Crippen LogP) is 4.59. The lowest BCUT2D eigenvalue weighted by Crippen LogP contribution is -2.53. The van der Waals surface area contributed by atoms with Crippen LogP contribution in [0.3, 0.4) is 0 Å². The van der Waals surface area contributed by atoms with E-state index in [4.69, 9.17) is 16.3 Å². The Morgan fingerprint density at radius 3 is 2.27 bits per heavy atom. The Hall–Kier alpha value is -3.56. The smallest absolute Gasteiger partial charge is 0.244 e. The first-order chi connectivity index (χ1) is 19.0. The molecule has 0 aromatic heterocycles. The standard InChI is InChI=1S/C30H36ClN3O5S/c1-5-17-32-30(36)27(19-23-9-7-6-8-10-23)33(20-24-12-14-25(31)15-13-24)29(35)21-34(40(4,37)38)26-18-22(2)11-16-28(26)39-3/h6-16,18,27H,5,17,19-21H2,1-4H3,(H,32,36)/t27-/m0/s1. The van der Waals surface area contributed by atoms with Gasteiger partial charge < -0.3 is 15.0 Å². The molecule has 0 fully saturated rings. The van der Waals surface area contributed by atoms with Gasteiger partial charge in [-0.05, 0) is 54.3 Å². The third-order valence-corrected chi connectivity index (χ3v) is 7.75. The van der Waals surface area contributed by atoms with E-state index in [9.17, 15) is 18.0 Å². The van der Waals surface area contributed by atoms with Gasteiger partial charge in [0.1, 0.15) is 18.3 Å². The molecule has 3 aromatic rings. The van der Waals surface area contributed by atoms with Crippen LogP contribution in [0, 0.1) is 6.92 Å². The molecule has 3 rings (SSSR count). The van der Waals surface area contributed by atoms with Gasteiger partial charge in [-0.1, -0.05) is 67.1 Å². The van der Waals surface area contributed by atoms with E-state index in [-0.39, 0.29) is 24.6 Å². The molecule has 1 atom stereocenters. The Bertz CT molecular complexity index is 1400. The largest absolute Gasteiger partial charge is 0.495 e. The monoisotopic (exact) mass is 585 g/mol. The number of carbonyl (C=O) groups is 2.